The minimum absolute atomic E-state index is 0.172. The first kappa shape index (κ1) is 15.7. The molecule has 2 aromatic heterocycles. The first-order valence-corrected chi connectivity index (χ1v) is 7.96. The van der Waals surface area contributed by atoms with Gasteiger partial charge in [-0.2, -0.15) is 5.10 Å². The highest BCUT2D eigenvalue weighted by molar-refractivity contribution is 6.05. The zero-order valence-corrected chi connectivity index (χ0v) is 13.8. The van der Waals surface area contributed by atoms with Crippen molar-refractivity contribution in [3.05, 3.63) is 17.5 Å². The summed E-state index contributed by atoms with van der Waals surface area (Å²) >= 11 is 0. The SMILES string of the molecule is CCOC(=O)c1cnc2c(c(C)nn2C)c1NCC1CCCO1. The average Bonchev–Trinajstić information content (AvgIpc) is 3.14. The van der Waals surface area contributed by atoms with Gasteiger partial charge in [0.05, 0.1) is 29.5 Å². The number of esters is 1. The standard InChI is InChI=1S/C16H22N4O3/c1-4-22-16(21)12-9-18-15-13(10(2)19-20(15)3)14(12)17-8-11-6-5-7-23-11/h9,11H,4-8H2,1-3H3,(H,17,18). The van der Waals surface area contributed by atoms with Gasteiger partial charge < -0.3 is 14.8 Å². The number of carbonyl (C=O) groups is 1. The number of nitrogens with one attached hydrogen (secondary N) is 1. The molecule has 0 aromatic carbocycles. The fraction of sp³-hybridized carbons (Fsp3) is 0.562. The molecule has 0 saturated carbocycles. The Morgan fingerprint density at radius 1 is 1.57 bits per heavy atom. The minimum Gasteiger partial charge on any atom is -0.462 e. The predicted molar refractivity (Wildman–Crippen MR) is 86.7 cm³/mol. The number of aryl methyl sites for hydroxylation is 2. The van der Waals surface area contributed by atoms with Gasteiger partial charge in [0.1, 0.15) is 5.56 Å². The summed E-state index contributed by atoms with van der Waals surface area (Å²) in [7, 11) is 1.84. The third-order valence-corrected chi connectivity index (χ3v) is 4.05. The Bertz CT molecular complexity index is 720. The number of carbonyl (C=O) groups excluding carboxylic acids is 1. The van der Waals surface area contributed by atoms with Gasteiger partial charge in [0.15, 0.2) is 5.65 Å². The van der Waals surface area contributed by atoms with Gasteiger partial charge in [0.2, 0.25) is 0 Å². The quantitative estimate of drug-likeness (QED) is 0.850. The van der Waals surface area contributed by atoms with E-state index >= 15 is 0 Å². The van der Waals surface area contributed by atoms with E-state index in [1.54, 1.807) is 17.8 Å². The highest BCUT2D eigenvalue weighted by Crippen LogP contribution is 2.29. The molecule has 1 saturated heterocycles. The number of hydrogen-bond acceptors (Lipinski definition) is 6. The second kappa shape index (κ2) is 6.54. The van der Waals surface area contributed by atoms with Crippen LogP contribution < -0.4 is 5.32 Å². The number of pyridine rings is 1. The molecule has 0 amide bonds. The van der Waals surface area contributed by atoms with E-state index in [1.807, 2.05) is 14.0 Å². The molecular weight excluding hydrogens is 296 g/mol. The van der Waals surface area contributed by atoms with E-state index in [-0.39, 0.29) is 12.1 Å². The lowest BCUT2D eigenvalue weighted by Crippen LogP contribution is -2.20. The molecule has 23 heavy (non-hydrogen) atoms. The van der Waals surface area contributed by atoms with Crippen molar-refractivity contribution in [2.24, 2.45) is 7.05 Å². The van der Waals surface area contributed by atoms with E-state index in [1.165, 1.54) is 0 Å². The molecule has 2 aromatic rings. The van der Waals surface area contributed by atoms with E-state index < -0.39 is 0 Å². The maximum absolute atomic E-state index is 12.3. The fourth-order valence-electron chi connectivity index (χ4n) is 2.98. The van der Waals surface area contributed by atoms with Crippen molar-refractivity contribution < 1.29 is 14.3 Å². The molecule has 7 nitrogen and oxygen atoms in total. The molecule has 124 valence electrons. The molecule has 3 heterocycles. The number of fused-ring (bicyclic) bond motifs is 1. The van der Waals surface area contributed by atoms with Gasteiger partial charge >= 0.3 is 5.97 Å². The van der Waals surface area contributed by atoms with Crippen LogP contribution in [-0.2, 0) is 16.5 Å². The summed E-state index contributed by atoms with van der Waals surface area (Å²) in [5.74, 6) is -0.375. The van der Waals surface area contributed by atoms with Gasteiger partial charge in [-0.1, -0.05) is 0 Å². The van der Waals surface area contributed by atoms with Crippen LogP contribution in [0.25, 0.3) is 11.0 Å². The van der Waals surface area contributed by atoms with Crippen molar-refractivity contribution in [1.82, 2.24) is 14.8 Å². The van der Waals surface area contributed by atoms with E-state index in [0.29, 0.717) is 18.7 Å². The van der Waals surface area contributed by atoms with Gasteiger partial charge in [-0.3, -0.25) is 4.68 Å². The molecule has 1 aliphatic heterocycles. The van der Waals surface area contributed by atoms with Crippen LogP contribution in [0, 0.1) is 6.92 Å². The number of nitrogens with zero attached hydrogens (tertiary/aromatic N) is 3. The number of anilines is 1. The van der Waals surface area contributed by atoms with Crippen LogP contribution >= 0.6 is 0 Å². The first-order chi connectivity index (χ1) is 11.1. The Balaban J connectivity index is 2.01. The smallest absolute Gasteiger partial charge is 0.341 e. The van der Waals surface area contributed by atoms with E-state index in [4.69, 9.17) is 9.47 Å². The summed E-state index contributed by atoms with van der Waals surface area (Å²) in [5.41, 5.74) is 2.74. The molecule has 0 spiro atoms. The summed E-state index contributed by atoms with van der Waals surface area (Å²) in [6.45, 7) is 5.48. The van der Waals surface area contributed by atoms with Gasteiger partial charge in [0, 0.05) is 26.4 Å². The Morgan fingerprint density at radius 2 is 2.39 bits per heavy atom. The summed E-state index contributed by atoms with van der Waals surface area (Å²) < 4.78 is 12.5. The lowest BCUT2D eigenvalue weighted by atomic mass is 10.1. The Labute approximate surface area is 135 Å². The largest absolute Gasteiger partial charge is 0.462 e. The minimum atomic E-state index is -0.375. The molecule has 1 atom stereocenters. The number of hydrogen-bond donors (Lipinski definition) is 1. The predicted octanol–water partition coefficient (Wildman–Crippen LogP) is 2.04. The Kier molecular flexibility index (Phi) is 4.47. The van der Waals surface area contributed by atoms with Gasteiger partial charge in [0.25, 0.3) is 0 Å². The third-order valence-electron chi connectivity index (χ3n) is 4.05. The van der Waals surface area contributed by atoms with E-state index in [0.717, 1.165) is 41.9 Å². The van der Waals surface area contributed by atoms with Crippen LogP contribution in [0.2, 0.25) is 0 Å². The summed E-state index contributed by atoms with van der Waals surface area (Å²) in [5, 5.41) is 8.64. The highest BCUT2D eigenvalue weighted by Gasteiger charge is 2.22. The molecule has 1 N–H and O–H groups in total. The van der Waals surface area contributed by atoms with Crippen molar-refractivity contribution in [2.45, 2.75) is 32.8 Å². The maximum Gasteiger partial charge on any atom is 0.341 e. The van der Waals surface area contributed by atoms with E-state index in [2.05, 4.69) is 15.4 Å². The van der Waals surface area contributed by atoms with Crippen molar-refractivity contribution >= 4 is 22.7 Å². The molecule has 1 aliphatic rings. The zero-order chi connectivity index (χ0) is 16.4. The fourth-order valence-corrected chi connectivity index (χ4v) is 2.98. The molecular formula is C16H22N4O3. The van der Waals surface area contributed by atoms with Crippen molar-refractivity contribution in [2.75, 3.05) is 25.1 Å². The lowest BCUT2D eigenvalue weighted by Gasteiger charge is -2.15. The van der Waals surface area contributed by atoms with Crippen LogP contribution in [0.5, 0.6) is 0 Å². The summed E-state index contributed by atoms with van der Waals surface area (Å²) in [6, 6.07) is 0. The molecule has 1 unspecified atom stereocenters. The second-order valence-corrected chi connectivity index (χ2v) is 5.69. The van der Waals surface area contributed by atoms with Gasteiger partial charge in [-0.05, 0) is 26.7 Å². The van der Waals surface area contributed by atoms with Crippen LogP contribution in [0.1, 0.15) is 35.8 Å². The molecule has 1 fully saturated rings. The Morgan fingerprint density at radius 3 is 3.09 bits per heavy atom. The van der Waals surface area contributed by atoms with E-state index in [9.17, 15) is 4.79 Å². The summed E-state index contributed by atoms with van der Waals surface area (Å²) in [4.78, 5) is 16.6. The molecule has 7 heteroatoms. The first-order valence-electron chi connectivity index (χ1n) is 7.96. The van der Waals surface area contributed by atoms with Crippen LogP contribution in [0.4, 0.5) is 5.69 Å². The zero-order valence-electron chi connectivity index (χ0n) is 13.8. The monoisotopic (exact) mass is 318 g/mol. The Hall–Kier alpha value is -2.15. The average molecular weight is 318 g/mol. The topological polar surface area (TPSA) is 78.3 Å². The number of aromatic nitrogens is 3. The maximum atomic E-state index is 12.3. The van der Waals surface area contributed by atoms with Gasteiger partial charge in [-0.15, -0.1) is 0 Å². The molecule has 3 rings (SSSR count). The van der Waals surface area contributed by atoms with Crippen LogP contribution in [0.3, 0.4) is 0 Å². The van der Waals surface area contributed by atoms with Gasteiger partial charge in [-0.25, -0.2) is 9.78 Å². The number of ether oxygens (including phenoxy) is 2. The summed E-state index contributed by atoms with van der Waals surface area (Å²) in [6.07, 6.45) is 3.83. The van der Waals surface area contributed by atoms with Crippen molar-refractivity contribution in [3.63, 3.8) is 0 Å². The molecule has 0 bridgehead atoms. The van der Waals surface area contributed by atoms with Crippen LogP contribution in [-0.4, -0.2) is 46.6 Å². The number of rotatable bonds is 5. The third kappa shape index (κ3) is 3.01. The normalized spacial score (nSPS) is 17.6. The molecule has 0 radical (unpaired) electrons. The van der Waals surface area contributed by atoms with Crippen LogP contribution in [0.15, 0.2) is 6.20 Å². The second-order valence-electron chi connectivity index (χ2n) is 5.69. The van der Waals surface area contributed by atoms with Crippen molar-refractivity contribution in [3.8, 4) is 0 Å². The lowest BCUT2D eigenvalue weighted by molar-refractivity contribution is 0.0527. The molecule has 0 aliphatic carbocycles. The highest BCUT2D eigenvalue weighted by atomic mass is 16.5. The van der Waals surface area contributed by atoms with Crippen molar-refractivity contribution in [1.29, 1.82) is 0 Å².